The van der Waals surface area contributed by atoms with Crippen LogP contribution >= 0.6 is 0 Å². The third-order valence-corrected chi connectivity index (χ3v) is 2.88. The third kappa shape index (κ3) is 4.84. The molecule has 2 rings (SSSR count). The van der Waals surface area contributed by atoms with Gasteiger partial charge in [-0.2, -0.15) is 13.2 Å². The second-order valence-corrected chi connectivity index (χ2v) is 5.71. The summed E-state index contributed by atoms with van der Waals surface area (Å²) in [6.45, 7) is 10.9. The van der Waals surface area contributed by atoms with E-state index in [0.29, 0.717) is 5.69 Å². The molecule has 4 nitrogen and oxygen atoms in total. The van der Waals surface area contributed by atoms with Gasteiger partial charge in [0.2, 0.25) is 5.82 Å². The molecule has 0 unspecified atom stereocenters. The number of halogens is 3. The van der Waals surface area contributed by atoms with Gasteiger partial charge in [-0.1, -0.05) is 34.6 Å². The molecule has 1 aliphatic heterocycles. The van der Waals surface area contributed by atoms with Crippen molar-refractivity contribution in [2.75, 3.05) is 18.4 Å². The van der Waals surface area contributed by atoms with Crippen LogP contribution in [-0.4, -0.2) is 29.1 Å². The van der Waals surface area contributed by atoms with Crippen LogP contribution in [0.2, 0.25) is 0 Å². The fourth-order valence-corrected chi connectivity index (χ4v) is 1.63. The quantitative estimate of drug-likeness (QED) is 0.881. The predicted molar refractivity (Wildman–Crippen MR) is 77.4 cm³/mol. The first kappa shape index (κ1) is 17.7. The molecule has 1 aromatic rings. The standard InChI is InChI=1S/C12H17F3N4.C2H6/c1-11(2,3)8-4-9(17-7-5-16-6-7)19-10(18-8)12(13,14)15;1-2/h4,7,16H,5-6H2,1-3H3,(H,17,18,19);1-2H3. The molecular formula is C14H23F3N4. The maximum Gasteiger partial charge on any atom is 0.451 e. The lowest BCUT2D eigenvalue weighted by Gasteiger charge is -2.29. The summed E-state index contributed by atoms with van der Waals surface area (Å²) < 4.78 is 38.4. The summed E-state index contributed by atoms with van der Waals surface area (Å²) in [5.74, 6) is -0.853. The van der Waals surface area contributed by atoms with Crippen LogP contribution in [0.25, 0.3) is 0 Å². The van der Waals surface area contributed by atoms with E-state index in [1.54, 1.807) is 6.07 Å². The molecule has 1 aromatic heterocycles. The zero-order valence-corrected chi connectivity index (χ0v) is 13.1. The normalized spacial score (nSPS) is 15.8. The van der Waals surface area contributed by atoms with Crippen LogP contribution in [-0.2, 0) is 11.6 Å². The fraction of sp³-hybridized carbons (Fsp3) is 0.714. The Hall–Kier alpha value is -1.37. The Morgan fingerprint density at radius 3 is 2.10 bits per heavy atom. The lowest BCUT2D eigenvalue weighted by atomic mass is 9.92. The monoisotopic (exact) mass is 304 g/mol. The summed E-state index contributed by atoms with van der Waals surface area (Å²) in [6.07, 6.45) is -4.53. The largest absolute Gasteiger partial charge is 0.451 e. The van der Waals surface area contributed by atoms with Crippen LogP contribution in [0.15, 0.2) is 6.07 Å². The second kappa shape index (κ2) is 6.60. The number of rotatable bonds is 2. The Labute approximate surface area is 123 Å². The summed E-state index contributed by atoms with van der Waals surface area (Å²) in [5, 5.41) is 6.03. The molecule has 0 bridgehead atoms. The van der Waals surface area contributed by atoms with Gasteiger partial charge in [0.1, 0.15) is 5.82 Å². The van der Waals surface area contributed by atoms with E-state index in [-0.39, 0.29) is 11.9 Å². The van der Waals surface area contributed by atoms with Gasteiger partial charge in [-0.15, -0.1) is 0 Å². The van der Waals surface area contributed by atoms with Crippen LogP contribution in [0.3, 0.4) is 0 Å². The number of alkyl halides is 3. The van der Waals surface area contributed by atoms with Crippen molar-refractivity contribution >= 4 is 5.82 Å². The number of aromatic nitrogens is 2. The first-order valence-corrected chi connectivity index (χ1v) is 7.10. The number of hydrogen-bond acceptors (Lipinski definition) is 4. The van der Waals surface area contributed by atoms with Gasteiger partial charge in [-0.25, -0.2) is 9.97 Å². The summed E-state index contributed by atoms with van der Waals surface area (Å²) >= 11 is 0. The van der Waals surface area contributed by atoms with Crippen molar-refractivity contribution < 1.29 is 13.2 Å². The Morgan fingerprint density at radius 1 is 1.14 bits per heavy atom. The highest BCUT2D eigenvalue weighted by Gasteiger charge is 2.36. The molecule has 0 saturated carbocycles. The molecule has 0 spiro atoms. The lowest BCUT2D eigenvalue weighted by Crippen LogP contribution is -2.51. The summed E-state index contributed by atoms with van der Waals surface area (Å²) in [6, 6.07) is 1.72. The van der Waals surface area contributed by atoms with Gasteiger partial charge in [0.05, 0.1) is 11.7 Å². The second-order valence-electron chi connectivity index (χ2n) is 5.71. The van der Waals surface area contributed by atoms with Gasteiger partial charge < -0.3 is 10.6 Å². The average Bonchev–Trinajstić information content (AvgIpc) is 2.34. The molecule has 0 radical (unpaired) electrons. The maximum absolute atomic E-state index is 12.8. The highest BCUT2D eigenvalue weighted by Crippen LogP contribution is 2.30. The molecule has 2 N–H and O–H groups in total. The fourth-order valence-electron chi connectivity index (χ4n) is 1.63. The highest BCUT2D eigenvalue weighted by molar-refractivity contribution is 5.40. The third-order valence-electron chi connectivity index (χ3n) is 2.88. The number of nitrogens with zero attached hydrogens (tertiary/aromatic N) is 2. The van der Waals surface area contributed by atoms with Crippen LogP contribution in [0.4, 0.5) is 19.0 Å². The highest BCUT2D eigenvalue weighted by atomic mass is 19.4. The van der Waals surface area contributed by atoms with Crippen molar-refractivity contribution in [3.05, 3.63) is 17.6 Å². The van der Waals surface area contributed by atoms with E-state index in [0.717, 1.165) is 13.1 Å². The van der Waals surface area contributed by atoms with Crippen LogP contribution in [0, 0.1) is 0 Å². The minimum Gasteiger partial charge on any atom is -0.365 e. The van der Waals surface area contributed by atoms with E-state index in [4.69, 9.17) is 0 Å². The Balaban J connectivity index is 0.00000106. The zero-order chi connectivity index (χ0) is 16.3. The maximum atomic E-state index is 12.8. The zero-order valence-electron chi connectivity index (χ0n) is 13.1. The van der Waals surface area contributed by atoms with E-state index in [9.17, 15) is 13.2 Å². The van der Waals surface area contributed by atoms with Crippen LogP contribution < -0.4 is 10.6 Å². The summed E-state index contributed by atoms with van der Waals surface area (Å²) in [4.78, 5) is 7.20. The van der Waals surface area contributed by atoms with Crippen molar-refractivity contribution in [1.29, 1.82) is 0 Å². The van der Waals surface area contributed by atoms with Gasteiger partial charge in [0.25, 0.3) is 0 Å². The summed E-state index contributed by atoms with van der Waals surface area (Å²) in [7, 11) is 0. The molecule has 0 amide bonds. The topological polar surface area (TPSA) is 49.8 Å². The van der Waals surface area contributed by atoms with Crippen molar-refractivity contribution in [2.24, 2.45) is 0 Å². The molecule has 7 heteroatoms. The van der Waals surface area contributed by atoms with E-state index in [1.807, 2.05) is 34.6 Å². The van der Waals surface area contributed by atoms with E-state index < -0.39 is 17.4 Å². The van der Waals surface area contributed by atoms with Gasteiger partial charge in [-0.3, -0.25) is 0 Å². The van der Waals surface area contributed by atoms with Crippen LogP contribution in [0.1, 0.15) is 46.1 Å². The molecule has 1 saturated heterocycles. The molecule has 120 valence electrons. The SMILES string of the molecule is CC.CC(C)(C)c1cc(NC2CNC2)nc(C(F)(F)F)n1. The van der Waals surface area contributed by atoms with Crippen LogP contribution in [0.5, 0.6) is 0 Å². The smallest absolute Gasteiger partial charge is 0.365 e. The van der Waals surface area contributed by atoms with Gasteiger partial charge in [0.15, 0.2) is 0 Å². The molecule has 1 aliphatic rings. The van der Waals surface area contributed by atoms with Gasteiger partial charge in [-0.05, 0) is 0 Å². The minimum absolute atomic E-state index is 0.129. The van der Waals surface area contributed by atoms with E-state index in [2.05, 4.69) is 20.6 Å². The van der Waals surface area contributed by atoms with Gasteiger partial charge in [0, 0.05) is 24.6 Å². The molecular weight excluding hydrogens is 281 g/mol. The first-order chi connectivity index (χ1) is 9.66. The van der Waals surface area contributed by atoms with E-state index in [1.165, 1.54) is 0 Å². The predicted octanol–water partition coefficient (Wildman–Crippen LogP) is 3.20. The molecule has 0 aromatic carbocycles. The first-order valence-electron chi connectivity index (χ1n) is 7.10. The summed E-state index contributed by atoms with van der Waals surface area (Å²) in [5.41, 5.74) is -0.0818. The molecule has 2 heterocycles. The molecule has 1 fully saturated rings. The van der Waals surface area contributed by atoms with Crippen molar-refractivity contribution in [1.82, 2.24) is 15.3 Å². The molecule has 0 atom stereocenters. The number of nitrogens with one attached hydrogen (secondary N) is 2. The Kier molecular flexibility index (Phi) is 5.55. The lowest BCUT2D eigenvalue weighted by molar-refractivity contribution is -0.145. The van der Waals surface area contributed by atoms with Crippen molar-refractivity contribution in [2.45, 2.75) is 52.3 Å². The van der Waals surface area contributed by atoms with Gasteiger partial charge >= 0.3 is 6.18 Å². The van der Waals surface area contributed by atoms with Crippen molar-refractivity contribution in [3.63, 3.8) is 0 Å². The van der Waals surface area contributed by atoms with E-state index >= 15 is 0 Å². The average molecular weight is 304 g/mol. The Bertz CT molecular complexity index is 430. The number of hydrogen-bond donors (Lipinski definition) is 2. The molecule has 0 aliphatic carbocycles. The number of anilines is 1. The minimum atomic E-state index is -4.53. The van der Waals surface area contributed by atoms with Crippen molar-refractivity contribution in [3.8, 4) is 0 Å². The Morgan fingerprint density at radius 2 is 1.71 bits per heavy atom. The molecule has 21 heavy (non-hydrogen) atoms.